The van der Waals surface area contributed by atoms with Crippen LogP contribution >= 0.6 is 0 Å². The molecule has 0 atom stereocenters. The van der Waals surface area contributed by atoms with E-state index in [1.54, 1.807) is 6.07 Å². The number of benzene rings is 1. The highest BCUT2D eigenvalue weighted by molar-refractivity contribution is 5.47. The third-order valence-corrected chi connectivity index (χ3v) is 2.64. The van der Waals surface area contributed by atoms with E-state index in [-0.39, 0.29) is 10.6 Å². The van der Waals surface area contributed by atoms with Gasteiger partial charge in [0.15, 0.2) is 0 Å². The van der Waals surface area contributed by atoms with E-state index in [1.807, 2.05) is 6.92 Å². The highest BCUT2D eigenvalue weighted by atomic mass is 16.6. The number of hydrogen-bond donors (Lipinski definition) is 0. The minimum absolute atomic E-state index is 0.121. The van der Waals surface area contributed by atoms with Crippen molar-refractivity contribution in [3.05, 3.63) is 38.9 Å². The SMILES string of the molecule is CCCc1c(CC)c[c]c([N+](=O)[O-])c1C. The molecule has 0 amide bonds. The van der Waals surface area contributed by atoms with Crippen molar-refractivity contribution in [3.63, 3.8) is 0 Å². The first-order valence-corrected chi connectivity index (χ1v) is 5.29. The Labute approximate surface area is 90.3 Å². The lowest BCUT2D eigenvalue weighted by atomic mass is 9.95. The lowest BCUT2D eigenvalue weighted by Gasteiger charge is -2.10. The summed E-state index contributed by atoms with van der Waals surface area (Å²) in [7, 11) is 0. The number of nitro benzene ring substituents is 1. The molecular formula is C12H16NO2. The zero-order valence-corrected chi connectivity index (χ0v) is 9.46. The summed E-state index contributed by atoms with van der Waals surface area (Å²) in [5.41, 5.74) is 3.21. The van der Waals surface area contributed by atoms with Crippen LogP contribution in [0.25, 0.3) is 0 Å². The summed E-state index contributed by atoms with van der Waals surface area (Å²) < 4.78 is 0. The van der Waals surface area contributed by atoms with Crippen LogP contribution in [0.1, 0.15) is 37.0 Å². The molecule has 0 aliphatic rings. The zero-order valence-electron chi connectivity index (χ0n) is 9.46. The van der Waals surface area contributed by atoms with E-state index in [0.717, 1.165) is 30.4 Å². The summed E-state index contributed by atoms with van der Waals surface area (Å²) in [6.45, 7) is 5.97. The Morgan fingerprint density at radius 2 is 2.13 bits per heavy atom. The first kappa shape index (κ1) is 11.7. The molecule has 81 valence electrons. The van der Waals surface area contributed by atoms with E-state index in [9.17, 15) is 10.1 Å². The van der Waals surface area contributed by atoms with Crippen LogP contribution in [0.3, 0.4) is 0 Å². The lowest BCUT2D eigenvalue weighted by molar-refractivity contribution is -0.385. The van der Waals surface area contributed by atoms with E-state index in [2.05, 4.69) is 19.9 Å². The van der Waals surface area contributed by atoms with Crippen molar-refractivity contribution in [3.8, 4) is 0 Å². The van der Waals surface area contributed by atoms with Crippen molar-refractivity contribution in [2.24, 2.45) is 0 Å². The van der Waals surface area contributed by atoms with E-state index in [4.69, 9.17) is 0 Å². The van der Waals surface area contributed by atoms with Crippen molar-refractivity contribution in [2.45, 2.75) is 40.0 Å². The Kier molecular flexibility index (Phi) is 3.83. The number of hydrogen-bond acceptors (Lipinski definition) is 2. The predicted molar refractivity (Wildman–Crippen MR) is 60.0 cm³/mol. The largest absolute Gasteiger partial charge is 0.280 e. The Morgan fingerprint density at radius 1 is 1.47 bits per heavy atom. The van der Waals surface area contributed by atoms with E-state index in [0.29, 0.717) is 0 Å². The normalized spacial score (nSPS) is 10.3. The number of aryl methyl sites for hydroxylation is 1. The second kappa shape index (κ2) is 4.91. The van der Waals surface area contributed by atoms with Gasteiger partial charge >= 0.3 is 0 Å². The molecule has 0 spiro atoms. The fraction of sp³-hybridized carbons (Fsp3) is 0.500. The van der Waals surface area contributed by atoms with Gasteiger partial charge in [-0.1, -0.05) is 20.3 Å². The molecule has 0 saturated heterocycles. The van der Waals surface area contributed by atoms with Crippen molar-refractivity contribution in [1.29, 1.82) is 0 Å². The molecule has 0 fully saturated rings. The minimum atomic E-state index is -0.353. The van der Waals surface area contributed by atoms with E-state index < -0.39 is 0 Å². The smallest absolute Gasteiger partial charge is 0.258 e. The molecule has 1 aromatic rings. The molecule has 0 aromatic heterocycles. The van der Waals surface area contributed by atoms with Crippen molar-refractivity contribution < 1.29 is 4.92 Å². The van der Waals surface area contributed by atoms with Gasteiger partial charge in [0.25, 0.3) is 5.69 Å². The Bertz CT molecular complexity index is 372. The van der Waals surface area contributed by atoms with Gasteiger partial charge in [0.1, 0.15) is 0 Å². The predicted octanol–water partition coefficient (Wildman–Crippen LogP) is 3.22. The molecule has 0 aliphatic heterocycles. The maximum atomic E-state index is 10.8. The third kappa shape index (κ3) is 2.35. The maximum Gasteiger partial charge on any atom is 0.280 e. The van der Waals surface area contributed by atoms with Crippen LogP contribution in [0.5, 0.6) is 0 Å². The van der Waals surface area contributed by atoms with Crippen molar-refractivity contribution >= 4 is 5.69 Å². The molecule has 1 rings (SSSR count). The molecule has 0 unspecified atom stereocenters. The van der Waals surface area contributed by atoms with Gasteiger partial charge in [-0.2, -0.15) is 0 Å². The second-order valence-corrected chi connectivity index (χ2v) is 3.63. The topological polar surface area (TPSA) is 43.1 Å². The molecular weight excluding hydrogens is 190 g/mol. The van der Waals surface area contributed by atoms with Crippen LogP contribution in [0.4, 0.5) is 5.69 Å². The van der Waals surface area contributed by atoms with Gasteiger partial charge in [0, 0.05) is 5.56 Å². The molecule has 0 saturated carbocycles. The van der Waals surface area contributed by atoms with Crippen LogP contribution in [-0.4, -0.2) is 4.92 Å². The average Bonchev–Trinajstić information content (AvgIpc) is 2.20. The fourth-order valence-corrected chi connectivity index (χ4v) is 1.84. The standard InChI is InChI=1S/C12H16NO2/c1-4-6-11-9(3)12(13(14)15)8-7-10(11)5-2/h7H,4-6H2,1-3H3. The quantitative estimate of drug-likeness (QED) is 0.560. The molecule has 1 radical (unpaired) electrons. The highest BCUT2D eigenvalue weighted by Crippen LogP contribution is 2.25. The average molecular weight is 206 g/mol. The highest BCUT2D eigenvalue weighted by Gasteiger charge is 2.16. The van der Waals surface area contributed by atoms with Gasteiger partial charge < -0.3 is 0 Å². The molecule has 3 heteroatoms. The molecule has 0 aliphatic carbocycles. The summed E-state index contributed by atoms with van der Waals surface area (Å²) in [4.78, 5) is 10.4. The molecule has 0 bridgehead atoms. The van der Waals surface area contributed by atoms with Gasteiger partial charge in [-0.25, -0.2) is 0 Å². The Balaban J connectivity index is 3.28. The Hall–Kier alpha value is -1.38. The monoisotopic (exact) mass is 206 g/mol. The number of nitro groups is 1. The fourth-order valence-electron chi connectivity index (χ4n) is 1.84. The van der Waals surface area contributed by atoms with Crippen molar-refractivity contribution in [2.75, 3.05) is 0 Å². The van der Waals surface area contributed by atoms with E-state index >= 15 is 0 Å². The maximum absolute atomic E-state index is 10.8. The molecule has 0 heterocycles. The number of nitrogens with zero attached hydrogens (tertiary/aromatic N) is 1. The van der Waals surface area contributed by atoms with Crippen LogP contribution in [0.2, 0.25) is 0 Å². The summed E-state index contributed by atoms with van der Waals surface area (Å²) in [5, 5.41) is 10.8. The minimum Gasteiger partial charge on any atom is -0.258 e. The summed E-state index contributed by atoms with van der Waals surface area (Å²) in [6.07, 6.45) is 2.82. The first-order chi connectivity index (χ1) is 7.11. The molecule has 1 aromatic carbocycles. The van der Waals surface area contributed by atoms with Crippen molar-refractivity contribution in [1.82, 2.24) is 0 Å². The molecule has 3 nitrogen and oxygen atoms in total. The third-order valence-electron chi connectivity index (χ3n) is 2.64. The van der Waals surface area contributed by atoms with Gasteiger partial charge in [-0.15, -0.1) is 0 Å². The van der Waals surface area contributed by atoms with Gasteiger partial charge in [-0.05, 0) is 37.0 Å². The molecule has 0 N–H and O–H groups in total. The van der Waals surface area contributed by atoms with Crippen LogP contribution in [0.15, 0.2) is 6.07 Å². The lowest BCUT2D eigenvalue weighted by Crippen LogP contribution is -2.01. The summed E-state index contributed by atoms with van der Waals surface area (Å²) >= 11 is 0. The first-order valence-electron chi connectivity index (χ1n) is 5.29. The van der Waals surface area contributed by atoms with Gasteiger partial charge in [0.2, 0.25) is 0 Å². The van der Waals surface area contributed by atoms with Crippen LogP contribution in [-0.2, 0) is 12.8 Å². The molecule has 15 heavy (non-hydrogen) atoms. The van der Waals surface area contributed by atoms with Crippen LogP contribution < -0.4 is 0 Å². The zero-order chi connectivity index (χ0) is 11.4. The van der Waals surface area contributed by atoms with Crippen LogP contribution in [0, 0.1) is 23.1 Å². The van der Waals surface area contributed by atoms with Gasteiger partial charge in [-0.3, -0.25) is 10.1 Å². The van der Waals surface area contributed by atoms with Gasteiger partial charge in [0.05, 0.1) is 11.0 Å². The van der Waals surface area contributed by atoms with E-state index in [1.165, 1.54) is 5.56 Å². The number of rotatable bonds is 4. The second-order valence-electron chi connectivity index (χ2n) is 3.63. The Morgan fingerprint density at radius 3 is 2.60 bits per heavy atom. The summed E-state index contributed by atoms with van der Waals surface area (Å²) in [6, 6.07) is 4.52. The summed E-state index contributed by atoms with van der Waals surface area (Å²) in [5.74, 6) is 0.